The molecule has 242 valence electrons. The van der Waals surface area contributed by atoms with Crippen molar-refractivity contribution in [1.29, 1.82) is 0 Å². The van der Waals surface area contributed by atoms with Crippen LogP contribution in [0.15, 0.2) is 176 Å². The van der Waals surface area contributed by atoms with Gasteiger partial charge in [-0.3, -0.25) is 10.9 Å². The maximum Gasteiger partial charge on any atom is 0.253 e. The van der Waals surface area contributed by atoms with Crippen molar-refractivity contribution in [2.24, 2.45) is 30.0 Å². The SMILES string of the molecule is C1=CC2=NC1=CC1=NC(=NC3=NC(=CC4=NC(=C2)C=C4)C=N3)NN1.C1=CSC=CS1.C1=CSC=CS1.C1=CSC=CS1.C1=CSC=CS1. The summed E-state index contributed by atoms with van der Waals surface area (Å²) in [6.07, 6.45) is 15.0. The highest BCUT2D eigenvalue weighted by molar-refractivity contribution is 8.12. The van der Waals surface area contributed by atoms with Gasteiger partial charge >= 0.3 is 0 Å². The summed E-state index contributed by atoms with van der Waals surface area (Å²) in [7, 11) is 0. The van der Waals surface area contributed by atoms with Gasteiger partial charge in [0.2, 0.25) is 5.96 Å². The quantitative estimate of drug-likeness (QED) is 0.247. The molecule has 0 unspecified atom stereocenters. The molecule has 0 amide bonds. The van der Waals surface area contributed by atoms with Crippen LogP contribution in [0.5, 0.6) is 0 Å². The van der Waals surface area contributed by atoms with Crippen LogP contribution >= 0.6 is 94.1 Å². The van der Waals surface area contributed by atoms with E-state index in [0.717, 1.165) is 22.8 Å². The average molecular weight is 779 g/mol. The van der Waals surface area contributed by atoms with Crippen LogP contribution in [0.3, 0.4) is 0 Å². The maximum atomic E-state index is 4.53. The lowest BCUT2D eigenvalue weighted by molar-refractivity contribution is 0.899. The number of fused-ring (bicyclic) bond motifs is 4. The van der Waals surface area contributed by atoms with Crippen LogP contribution in [-0.4, -0.2) is 35.4 Å². The van der Waals surface area contributed by atoms with Crippen LogP contribution in [0.1, 0.15) is 0 Å². The predicted octanol–water partition coefficient (Wildman–Crippen LogP) is 10.6. The van der Waals surface area contributed by atoms with E-state index in [0.29, 0.717) is 23.5 Å². The van der Waals surface area contributed by atoms with Crippen LogP contribution in [0, 0.1) is 0 Å². The van der Waals surface area contributed by atoms with E-state index in [1.165, 1.54) is 0 Å². The van der Waals surface area contributed by atoms with Gasteiger partial charge < -0.3 is 0 Å². The minimum Gasteiger partial charge on any atom is -0.282 e. The lowest BCUT2D eigenvalue weighted by Crippen LogP contribution is -2.32. The molecule has 0 saturated heterocycles. The van der Waals surface area contributed by atoms with Crippen molar-refractivity contribution < 1.29 is 0 Å². The lowest BCUT2D eigenvalue weighted by Gasteiger charge is -1.95. The number of guanidine groups is 2. The van der Waals surface area contributed by atoms with Gasteiger partial charge in [-0.1, -0.05) is 0 Å². The molecule has 2 N–H and O–H groups in total. The molecule has 16 heteroatoms. The van der Waals surface area contributed by atoms with E-state index in [4.69, 9.17) is 0 Å². The topological polar surface area (TPSA) is 98.2 Å². The first kappa shape index (κ1) is 36.3. The monoisotopic (exact) mass is 778 g/mol. The average Bonchev–Trinajstić information content (AvgIpc) is 4.00. The normalized spacial score (nSPS) is 20.7. The van der Waals surface area contributed by atoms with Gasteiger partial charge in [0.25, 0.3) is 5.96 Å². The molecule has 0 aromatic heterocycles. The zero-order chi connectivity index (χ0) is 32.9. The molecule has 48 heavy (non-hydrogen) atoms. The molecule has 0 aliphatic carbocycles. The molecule has 0 saturated carbocycles. The van der Waals surface area contributed by atoms with Crippen molar-refractivity contribution in [2.45, 2.75) is 0 Å². The third-order valence-corrected chi connectivity index (χ3v) is 11.3. The first-order chi connectivity index (χ1) is 23.8. The maximum absolute atomic E-state index is 4.53. The minimum absolute atomic E-state index is 0.342. The molecule has 0 spiro atoms. The van der Waals surface area contributed by atoms with Gasteiger partial charge in [0.15, 0.2) is 5.84 Å². The van der Waals surface area contributed by atoms with Crippen molar-refractivity contribution in [3.05, 3.63) is 146 Å². The second-order valence-electron chi connectivity index (χ2n) is 8.57. The van der Waals surface area contributed by atoms with E-state index in [9.17, 15) is 0 Å². The van der Waals surface area contributed by atoms with Crippen molar-refractivity contribution in [3.8, 4) is 0 Å². The molecule has 8 bridgehead atoms. The Bertz CT molecular complexity index is 1600. The number of hydrogen-bond acceptors (Lipinski definition) is 16. The van der Waals surface area contributed by atoms with Gasteiger partial charge in [-0.2, -0.15) is 9.98 Å². The Morgan fingerprint density at radius 1 is 0.375 bits per heavy atom. The molecule has 0 fully saturated rings. The molecule has 9 aliphatic rings. The van der Waals surface area contributed by atoms with Gasteiger partial charge in [0.1, 0.15) is 0 Å². The van der Waals surface area contributed by atoms with Crippen LogP contribution < -0.4 is 10.9 Å². The summed E-state index contributed by atoms with van der Waals surface area (Å²) in [6.45, 7) is 0. The van der Waals surface area contributed by atoms with Crippen LogP contribution in [0.25, 0.3) is 0 Å². The second kappa shape index (κ2) is 21.9. The Labute approximate surface area is 313 Å². The fourth-order valence-electron chi connectivity index (χ4n) is 3.36. The van der Waals surface area contributed by atoms with E-state index in [1.54, 1.807) is 100 Å². The van der Waals surface area contributed by atoms with E-state index >= 15 is 0 Å². The molecule has 9 heterocycles. The Balaban J connectivity index is 0.000000151. The Kier molecular flexibility index (Phi) is 16.6. The van der Waals surface area contributed by atoms with Gasteiger partial charge in [-0.15, -0.1) is 94.1 Å². The molecule has 8 nitrogen and oxygen atoms in total. The van der Waals surface area contributed by atoms with Crippen LogP contribution in [-0.2, 0) is 0 Å². The Morgan fingerprint density at radius 2 is 0.792 bits per heavy atom. The van der Waals surface area contributed by atoms with Crippen LogP contribution in [0.2, 0.25) is 0 Å². The summed E-state index contributed by atoms with van der Waals surface area (Å²) < 4.78 is 0. The summed E-state index contributed by atoms with van der Waals surface area (Å²) in [5, 5.41) is 33.0. The number of nitrogens with one attached hydrogen (secondary N) is 2. The number of nitrogens with zero attached hydrogens (tertiary/aromatic N) is 6. The highest BCUT2D eigenvalue weighted by Gasteiger charge is 2.15. The lowest BCUT2D eigenvalue weighted by atomic mass is 10.3. The first-order valence-corrected chi connectivity index (χ1v) is 21.3. The summed E-state index contributed by atoms with van der Waals surface area (Å²) in [5.41, 5.74) is 9.81. The Hall–Kier alpha value is -2.96. The van der Waals surface area contributed by atoms with E-state index < -0.39 is 0 Å². The summed E-state index contributed by atoms with van der Waals surface area (Å²) in [6, 6.07) is 0. The summed E-state index contributed by atoms with van der Waals surface area (Å²) >= 11 is 13.7. The fourth-order valence-corrected chi connectivity index (χ4v) is 8.19. The van der Waals surface area contributed by atoms with Gasteiger partial charge in [0.05, 0.1) is 34.7 Å². The van der Waals surface area contributed by atoms with Crippen LogP contribution in [0.4, 0.5) is 0 Å². The predicted molar refractivity (Wildman–Crippen MR) is 228 cm³/mol. The second-order valence-corrected chi connectivity index (χ2v) is 15.1. The zero-order valence-electron chi connectivity index (χ0n) is 24.8. The number of aliphatic imine (C=N–C) groups is 6. The largest absolute Gasteiger partial charge is 0.282 e. The van der Waals surface area contributed by atoms with Crippen molar-refractivity contribution in [3.63, 3.8) is 0 Å². The number of thioether (sulfide) groups is 8. The van der Waals surface area contributed by atoms with E-state index in [2.05, 4.69) is 127 Å². The number of amidine groups is 1. The minimum atomic E-state index is 0.342. The molecular formula is C32H26N8S8. The Morgan fingerprint density at radius 3 is 1.23 bits per heavy atom. The summed E-state index contributed by atoms with van der Waals surface area (Å²) in [4.78, 5) is 26.2. The third-order valence-electron chi connectivity index (χ3n) is 5.22. The zero-order valence-corrected chi connectivity index (χ0v) is 31.3. The molecular weight excluding hydrogens is 753 g/mol. The highest BCUT2D eigenvalue weighted by atomic mass is 32.2. The summed E-state index contributed by atoms with van der Waals surface area (Å²) in [5.74, 6) is 1.37. The van der Waals surface area contributed by atoms with E-state index in [1.807, 2.05) is 42.5 Å². The number of rotatable bonds is 0. The van der Waals surface area contributed by atoms with Gasteiger partial charge in [0, 0.05) is 6.08 Å². The fraction of sp³-hybridized carbons (Fsp3) is 0. The number of hydrazine groups is 1. The smallest absolute Gasteiger partial charge is 0.253 e. The molecule has 0 aromatic carbocycles. The number of hydrogen-bond donors (Lipinski definition) is 2. The van der Waals surface area contributed by atoms with Crippen molar-refractivity contribution in [2.75, 3.05) is 0 Å². The molecule has 9 rings (SSSR count). The van der Waals surface area contributed by atoms with Crippen molar-refractivity contribution >= 4 is 129 Å². The van der Waals surface area contributed by atoms with E-state index in [-0.39, 0.29) is 0 Å². The standard InChI is InChI=1S/C16H10N8.4C4H4S2/c1-2-11-6-13-8-17-15(20-13)22-16-21-14(23-24-16)7-12-4-3-10(19-12)5-9(1)18-11;4*1-2-6-4-3-5-1/h1-8H,(H2,17,20,21,22,23,24);4*1-4H. The molecule has 0 atom stereocenters. The number of allylic oxidation sites excluding steroid dienone is 7. The molecule has 9 aliphatic heterocycles. The third kappa shape index (κ3) is 14.3. The first-order valence-electron chi connectivity index (χ1n) is 13.7. The van der Waals surface area contributed by atoms with Crippen molar-refractivity contribution in [1.82, 2.24) is 10.9 Å². The highest BCUT2D eigenvalue weighted by Crippen LogP contribution is 2.21. The van der Waals surface area contributed by atoms with Gasteiger partial charge in [-0.25, -0.2) is 20.0 Å². The molecule has 0 radical (unpaired) electrons. The molecule has 0 aromatic rings. The van der Waals surface area contributed by atoms with Gasteiger partial charge in [-0.05, 0) is 123 Å².